The highest BCUT2D eigenvalue weighted by Gasteiger charge is 2.14. The number of likely N-dealkylation sites (N-methyl/N-ethyl adjacent to an activating group) is 2. The van der Waals surface area contributed by atoms with Crippen molar-refractivity contribution in [1.29, 1.82) is 0 Å². The van der Waals surface area contributed by atoms with Crippen LogP contribution in [0.2, 0.25) is 0 Å². The molecule has 1 aromatic rings. The van der Waals surface area contributed by atoms with Gasteiger partial charge in [0.05, 0.1) is 0 Å². The number of rotatable bonds is 4. The van der Waals surface area contributed by atoms with Gasteiger partial charge in [-0.15, -0.1) is 0 Å². The lowest BCUT2D eigenvalue weighted by Gasteiger charge is -2.23. The van der Waals surface area contributed by atoms with Gasteiger partial charge in [0.25, 0.3) is 0 Å². The van der Waals surface area contributed by atoms with Gasteiger partial charge in [-0.3, -0.25) is 0 Å². The van der Waals surface area contributed by atoms with Gasteiger partial charge >= 0.3 is 0 Å². The second-order valence-electron chi connectivity index (χ2n) is 3.25. The van der Waals surface area contributed by atoms with Crippen molar-refractivity contribution in [1.82, 2.24) is 10.6 Å². The van der Waals surface area contributed by atoms with E-state index in [0.29, 0.717) is 12.1 Å². The number of benzene rings is 1. The Kier molecular flexibility index (Phi) is 3.93. The lowest BCUT2D eigenvalue weighted by molar-refractivity contribution is 0.446. The Hall–Kier alpha value is -0.860. The van der Waals surface area contributed by atoms with Crippen LogP contribution in [-0.2, 0) is 0 Å². The summed E-state index contributed by atoms with van der Waals surface area (Å²) < 4.78 is 0. The van der Waals surface area contributed by atoms with Crippen molar-refractivity contribution in [3.8, 4) is 0 Å². The molecule has 13 heavy (non-hydrogen) atoms. The van der Waals surface area contributed by atoms with E-state index in [1.54, 1.807) is 0 Å². The Balaban J connectivity index is 2.78. The van der Waals surface area contributed by atoms with Crippen LogP contribution in [0.5, 0.6) is 0 Å². The first-order chi connectivity index (χ1) is 6.29. The Bertz CT molecular complexity index is 233. The minimum Gasteiger partial charge on any atom is -0.315 e. The Labute approximate surface area is 80.4 Å². The molecule has 2 atom stereocenters. The number of hydrogen-bond acceptors (Lipinski definition) is 2. The van der Waals surface area contributed by atoms with Gasteiger partial charge in [0, 0.05) is 12.1 Å². The fourth-order valence-electron chi connectivity index (χ4n) is 1.53. The minimum absolute atomic E-state index is 0.381. The van der Waals surface area contributed by atoms with Gasteiger partial charge < -0.3 is 10.6 Å². The van der Waals surface area contributed by atoms with E-state index in [4.69, 9.17) is 0 Å². The summed E-state index contributed by atoms with van der Waals surface area (Å²) in [6.07, 6.45) is 0. The molecule has 0 fully saturated rings. The molecule has 0 radical (unpaired) electrons. The topological polar surface area (TPSA) is 24.1 Å². The predicted octanol–water partition coefficient (Wildman–Crippen LogP) is 1.55. The Morgan fingerprint density at radius 1 is 1.00 bits per heavy atom. The maximum absolute atomic E-state index is 3.31. The molecular weight excluding hydrogens is 160 g/mol. The lowest BCUT2D eigenvalue weighted by Crippen LogP contribution is -2.36. The Morgan fingerprint density at radius 2 is 1.62 bits per heavy atom. The van der Waals surface area contributed by atoms with Crippen LogP contribution in [0.4, 0.5) is 0 Å². The van der Waals surface area contributed by atoms with Crippen LogP contribution in [-0.4, -0.2) is 20.1 Å². The molecule has 0 aliphatic carbocycles. The standard InChI is InChI=1S/C11H18N2/c1-9(12-2)11(13-3)10-7-5-4-6-8-10/h4-9,11-13H,1-3H3/t9-,11+/m1/s1. The fourth-order valence-corrected chi connectivity index (χ4v) is 1.53. The predicted molar refractivity (Wildman–Crippen MR) is 56.8 cm³/mol. The summed E-state index contributed by atoms with van der Waals surface area (Å²) in [7, 11) is 3.98. The van der Waals surface area contributed by atoms with Crippen molar-refractivity contribution >= 4 is 0 Å². The monoisotopic (exact) mass is 178 g/mol. The van der Waals surface area contributed by atoms with Crippen LogP contribution >= 0.6 is 0 Å². The van der Waals surface area contributed by atoms with Crippen molar-refractivity contribution in [2.75, 3.05) is 14.1 Å². The summed E-state index contributed by atoms with van der Waals surface area (Å²) in [5.41, 5.74) is 1.33. The molecule has 2 heteroatoms. The third-order valence-corrected chi connectivity index (χ3v) is 2.43. The first kappa shape index (κ1) is 10.2. The molecule has 0 unspecified atom stereocenters. The molecule has 2 nitrogen and oxygen atoms in total. The van der Waals surface area contributed by atoms with Crippen LogP contribution in [0.1, 0.15) is 18.5 Å². The molecule has 0 saturated carbocycles. The zero-order valence-electron chi connectivity index (χ0n) is 8.54. The van der Waals surface area contributed by atoms with E-state index in [9.17, 15) is 0 Å². The second kappa shape index (κ2) is 5.00. The van der Waals surface area contributed by atoms with E-state index in [-0.39, 0.29) is 0 Å². The fraction of sp³-hybridized carbons (Fsp3) is 0.455. The van der Waals surface area contributed by atoms with Gasteiger partial charge in [-0.25, -0.2) is 0 Å². The normalized spacial score (nSPS) is 15.3. The van der Waals surface area contributed by atoms with E-state index in [0.717, 1.165) is 0 Å². The van der Waals surface area contributed by atoms with Gasteiger partial charge in [0.15, 0.2) is 0 Å². The van der Waals surface area contributed by atoms with Gasteiger partial charge in [-0.1, -0.05) is 30.3 Å². The molecule has 0 heterocycles. The zero-order valence-corrected chi connectivity index (χ0v) is 8.54. The summed E-state index contributed by atoms with van der Waals surface area (Å²) in [5, 5.41) is 6.56. The molecule has 0 saturated heterocycles. The van der Waals surface area contributed by atoms with Crippen LogP contribution < -0.4 is 10.6 Å². The average molecular weight is 178 g/mol. The summed E-state index contributed by atoms with van der Waals surface area (Å²) in [6, 6.07) is 11.3. The third kappa shape index (κ3) is 2.54. The molecule has 1 aromatic carbocycles. The van der Waals surface area contributed by atoms with E-state index in [1.165, 1.54) is 5.56 Å². The number of hydrogen-bond donors (Lipinski definition) is 2. The summed E-state index contributed by atoms with van der Waals surface area (Å²) in [4.78, 5) is 0. The molecular formula is C11H18N2. The minimum atomic E-state index is 0.381. The largest absolute Gasteiger partial charge is 0.315 e. The molecule has 0 bridgehead atoms. The van der Waals surface area contributed by atoms with Gasteiger partial charge in [-0.2, -0.15) is 0 Å². The molecule has 2 N–H and O–H groups in total. The summed E-state index contributed by atoms with van der Waals surface area (Å²) in [5.74, 6) is 0. The average Bonchev–Trinajstić information content (AvgIpc) is 2.20. The van der Waals surface area contributed by atoms with Crippen molar-refractivity contribution in [3.05, 3.63) is 35.9 Å². The highest BCUT2D eigenvalue weighted by molar-refractivity contribution is 5.20. The van der Waals surface area contributed by atoms with Crippen LogP contribution in [0, 0.1) is 0 Å². The first-order valence-electron chi connectivity index (χ1n) is 4.69. The number of nitrogens with one attached hydrogen (secondary N) is 2. The maximum Gasteiger partial charge on any atom is 0.0470 e. The Morgan fingerprint density at radius 3 is 2.08 bits per heavy atom. The van der Waals surface area contributed by atoms with Crippen LogP contribution in [0.25, 0.3) is 0 Å². The van der Waals surface area contributed by atoms with E-state index in [1.807, 2.05) is 20.2 Å². The molecule has 0 amide bonds. The molecule has 0 aliphatic rings. The molecule has 0 aliphatic heterocycles. The smallest absolute Gasteiger partial charge is 0.0470 e. The second-order valence-corrected chi connectivity index (χ2v) is 3.25. The quantitative estimate of drug-likeness (QED) is 0.731. The van der Waals surface area contributed by atoms with E-state index < -0.39 is 0 Å². The highest BCUT2D eigenvalue weighted by Crippen LogP contribution is 2.15. The first-order valence-corrected chi connectivity index (χ1v) is 4.69. The van der Waals surface area contributed by atoms with Crippen molar-refractivity contribution in [2.24, 2.45) is 0 Å². The molecule has 0 aromatic heterocycles. The lowest BCUT2D eigenvalue weighted by atomic mass is 10.0. The van der Waals surface area contributed by atoms with Gasteiger partial charge in [0.1, 0.15) is 0 Å². The summed E-state index contributed by atoms with van der Waals surface area (Å²) >= 11 is 0. The van der Waals surface area contributed by atoms with Crippen LogP contribution in [0.3, 0.4) is 0 Å². The van der Waals surface area contributed by atoms with Crippen molar-refractivity contribution in [3.63, 3.8) is 0 Å². The van der Waals surface area contributed by atoms with E-state index >= 15 is 0 Å². The summed E-state index contributed by atoms with van der Waals surface area (Å²) in [6.45, 7) is 2.17. The molecule has 72 valence electrons. The van der Waals surface area contributed by atoms with E-state index in [2.05, 4.69) is 41.8 Å². The van der Waals surface area contributed by atoms with Crippen molar-refractivity contribution in [2.45, 2.75) is 19.0 Å². The molecule has 1 rings (SSSR count). The maximum atomic E-state index is 3.31. The third-order valence-electron chi connectivity index (χ3n) is 2.43. The zero-order chi connectivity index (χ0) is 9.68. The van der Waals surface area contributed by atoms with Crippen molar-refractivity contribution < 1.29 is 0 Å². The van der Waals surface area contributed by atoms with Gasteiger partial charge in [0.2, 0.25) is 0 Å². The molecule has 0 spiro atoms. The van der Waals surface area contributed by atoms with Crippen LogP contribution in [0.15, 0.2) is 30.3 Å². The highest BCUT2D eigenvalue weighted by atomic mass is 15.0. The SMILES string of the molecule is CN[C@H](c1ccccc1)[C@@H](C)NC. The van der Waals surface area contributed by atoms with Gasteiger partial charge in [-0.05, 0) is 26.6 Å².